The Morgan fingerprint density at radius 1 is 1.50 bits per heavy atom. The lowest BCUT2D eigenvalue weighted by Crippen LogP contribution is -2.23. The van der Waals surface area contributed by atoms with Crippen LogP contribution in [0.3, 0.4) is 0 Å². The van der Waals surface area contributed by atoms with E-state index >= 15 is 0 Å². The molecule has 0 aromatic carbocycles. The molecule has 1 aromatic heterocycles. The third kappa shape index (κ3) is 2.82. The monoisotopic (exact) mass is 251 g/mol. The summed E-state index contributed by atoms with van der Waals surface area (Å²) in [5.41, 5.74) is 12.1. The van der Waals surface area contributed by atoms with Crippen LogP contribution in [0.25, 0.3) is 0 Å². The van der Waals surface area contributed by atoms with Crippen LogP contribution in [0.2, 0.25) is 0 Å². The van der Waals surface area contributed by atoms with Gasteiger partial charge in [-0.25, -0.2) is 4.98 Å². The molecule has 4 N–H and O–H groups in total. The van der Waals surface area contributed by atoms with Gasteiger partial charge < -0.3 is 20.8 Å². The zero-order valence-corrected chi connectivity index (χ0v) is 11.6. The van der Waals surface area contributed by atoms with Crippen molar-refractivity contribution in [2.24, 2.45) is 10.7 Å². The molecule has 0 fully saturated rings. The highest BCUT2D eigenvalue weighted by atomic mass is 16.5. The van der Waals surface area contributed by atoms with Gasteiger partial charge in [-0.05, 0) is 33.8 Å². The van der Waals surface area contributed by atoms with Gasteiger partial charge in [0.05, 0.1) is 13.4 Å². The summed E-state index contributed by atoms with van der Waals surface area (Å²) in [5, 5.41) is 0. The SMILES string of the molecule is C/C=C(N)\N=C(\OC)c1ncn(C(C)(C)C)c1N. The fourth-order valence-electron chi connectivity index (χ4n) is 1.43. The number of hydrogen-bond donors (Lipinski definition) is 2. The summed E-state index contributed by atoms with van der Waals surface area (Å²) in [4.78, 5) is 8.36. The molecule has 0 unspecified atom stereocenters. The van der Waals surface area contributed by atoms with E-state index in [2.05, 4.69) is 9.98 Å². The molecule has 0 aliphatic rings. The first kappa shape index (κ1) is 14.1. The van der Waals surface area contributed by atoms with Crippen LogP contribution in [0.4, 0.5) is 5.82 Å². The number of aliphatic imine (C=N–C) groups is 1. The van der Waals surface area contributed by atoms with Gasteiger partial charge in [0, 0.05) is 5.54 Å². The van der Waals surface area contributed by atoms with Gasteiger partial charge in [0.1, 0.15) is 11.6 Å². The molecule has 1 heterocycles. The maximum Gasteiger partial charge on any atom is 0.245 e. The van der Waals surface area contributed by atoms with E-state index in [0.29, 0.717) is 23.2 Å². The number of anilines is 1. The van der Waals surface area contributed by atoms with Gasteiger partial charge in [-0.15, -0.1) is 0 Å². The average molecular weight is 251 g/mol. The zero-order chi connectivity index (χ0) is 13.9. The van der Waals surface area contributed by atoms with E-state index in [4.69, 9.17) is 16.2 Å². The van der Waals surface area contributed by atoms with E-state index in [9.17, 15) is 0 Å². The number of rotatable bonds is 2. The highest BCUT2D eigenvalue weighted by Gasteiger charge is 2.21. The maximum absolute atomic E-state index is 6.06. The van der Waals surface area contributed by atoms with Gasteiger partial charge in [0.2, 0.25) is 5.90 Å². The molecule has 1 aromatic rings. The van der Waals surface area contributed by atoms with Crippen LogP contribution < -0.4 is 11.5 Å². The van der Waals surface area contributed by atoms with Crippen molar-refractivity contribution in [1.29, 1.82) is 0 Å². The number of imidazole rings is 1. The molecule has 0 bridgehead atoms. The summed E-state index contributed by atoms with van der Waals surface area (Å²) in [6.07, 6.45) is 3.35. The molecule has 0 saturated heterocycles. The highest BCUT2D eigenvalue weighted by Crippen LogP contribution is 2.22. The lowest BCUT2D eigenvalue weighted by molar-refractivity contribution is 0.399. The quantitative estimate of drug-likeness (QED) is 0.614. The minimum Gasteiger partial charge on any atom is -0.479 e. The number of nitrogens with zero attached hydrogens (tertiary/aromatic N) is 3. The van der Waals surface area contributed by atoms with Gasteiger partial charge in [0.15, 0.2) is 5.69 Å². The van der Waals surface area contributed by atoms with Crippen LogP contribution >= 0.6 is 0 Å². The van der Waals surface area contributed by atoms with Crippen LogP contribution in [0.1, 0.15) is 33.4 Å². The molecule has 0 atom stereocenters. The molecule has 0 amide bonds. The third-order valence-electron chi connectivity index (χ3n) is 2.45. The topological polar surface area (TPSA) is 91.5 Å². The Bertz CT molecular complexity index is 479. The summed E-state index contributed by atoms with van der Waals surface area (Å²) in [6, 6.07) is 0. The second kappa shape index (κ2) is 5.12. The van der Waals surface area contributed by atoms with Crippen molar-refractivity contribution < 1.29 is 4.74 Å². The first-order chi connectivity index (χ1) is 8.31. The molecule has 0 radical (unpaired) electrons. The summed E-state index contributed by atoms with van der Waals surface area (Å²) < 4.78 is 7.05. The number of hydrogen-bond acceptors (Lipinski definition) is 5. The normalized spacial score (nSPS) is 13.8. The molecule has 100 valence electrons. The Kier molecular flexibility index (Phi) is 4.00. The smallest absolute Gasteiger partial charge is 0.245 e. The van der Waals surface area contributed by atoms with Crippen LogP contribution in [0, 0.1) is 0 Å². The van der Waals surface area contributed by atoms with Crippen molar-refractivity contribution in [3.05, 3.63) is 23.9 Å². The highest BCUT2D eigenvalue weighted by molar-refractivity contribution is 5.97. The second-order valence-corrected chi connectivity index (χ2v) is 4.85. The minimum atomic E-state index is -0.152. The second-order valence-electron chi connectivity index (χ2n) is 4.85. The third-order valence-corrected chi connectivity index (χ3v) is 2.45. The maximum atomic E-state index is 6.06. The van der Waals surface area contributed by atoms with Crippen molar-refractivity contribution in [3.8, 4) is 0 Å². The van der Waals surface area contributed by atoms with Crippen molar-refractivity contribution in [2.45, 2.75) is 33.2 Å². The first-order valence-corrected chi connectivity index (χ1v) is 5.69. The fraction of sp³-hybridized carbons (Fsp3) is 0.500. The van der Waals surface area contributed by atoms with Crippen molar-refractivity contribution in [3.63, 3.8) is 0 Å². The van der Waals surface area contributed by atoms with Gasteiger partial charge in [-0.2, -0.15) is 4.99 Å². The van der Waals surface area contributed by atoms with Crippen LogP contribution in [-0.4, -0.2) is 22.6 Å². The molecular formula is C12H21N5O. The van der Waals surface area contributed by atoms with E-state index in [1.54, 1.807) is 19.3 Å². The number of nitrogens with two attached hydrogens (primary N) is 2. The van der Waals surface area contributed by atoms with Crippen molar-refractivity contribution in [2.75, 3.05) is 12.8 Å². The Morgan fingerprint density at radius 3 is 2.50 bits per heavy atom. The fourth-order valence-corrected chi connectivity index (χ4v) is 1.43. The molecule has 6 heteroatoms. The molecular weight excluding hydrogens is 230 g/mol. The minimum absolute atomic E-state index is 0.152. The van der Waals surface area contributed by atoms with Crippen LogP contribution in [0.5, 0.6) is 0 Å². The van der Waals surface area contributed by atoms with E-state index in [0.717, 1.165) is 0 Å². The van der Waals surface area contributed by atoms with E-state index in [1.807, 2.05) is 25.3 Å². The Hall–Kier alpha value is -1.98. The summed E-state index contributed by atoms with van der Waals surface area (Å²) in [5.74, 6) is 1.18. The lowest BCUT2D eigenvalue weighted by atomic mass is 10.1. The van der Waals surface area contributed by atoms with E-state index < -0.39 is 0 Å². The molecule has 0 spiro atoms. The number of aromatic nitrogens is 2. The molecule has 0 aliphatic heterocycles. The molecule has 0 aliphatic carbocycles. The van der Waals surface area contributed by atoms with Gasteiger partial charge >= 0.3 is 0 Å². The number of ether oxygens (including phenoxy) is 1. The lowest BCUT2D eigenvalue weighted by Gasteiger charge is -2.22. The predicted molar refractivity (Wildman–Crippen MR) is 73.1 cm³/mol. The first-order valence-electron chi connectivity index (χ1n) is 5.69. The average Bonchev–Trinajstić information content (AvgIpc) is 2.67. The predicted octanol–water partition coefficient (Wildman–Crippen LogP) is 1.43. The Balaban J connectivity index is 3.26. The van der Waals surface area contributed by atoms with E-state index in [-0.39, 0.29) is 5.54 Å². The molecule has 1 rings (SSSR count). The summed E-state index contributed by atoms with van der Waals surface area (Å²) >= 11 is 0. The Morgan fingerprint density at radius 2 is 2.11 bits per heavy atom. The molecule has 0 saturated carbocycles. The number of allylic oxidation sites excluding steroid dienone is 1. The van der Waals surface area contributed by atoms with E-state index in [1.165, 1.54) is 7.11 Å². The largest absolute Gasteiger partial charge is 0.479 e. The van der Waals surface area contributed by atoms with Gasteiger partial charge in [0.25, 0.3) is 0 Å². The molecule has 18 heavy (non-hydrogen) atoms. The molecule has 6 nitrogen and oxygen atoms in total. The Labute approximate surface area is 107 Å². The van der Waals surface area contributed by atoms with Crippen molar-refractivity contribution in [1.82, 2.24) is 9.55 Å². The van der Waals surface area contributed by atoms with Crippen molar-refractivity contribution >= 4 is 11.7 Å². The number of methoxy groups -OCH3 is 1. The van der Waals surface area contributed by atoms with Gasteiger partial charge in [-0.1, -0.05) is 0 Å². The summed E-state index contributed by atoms with van der Waals surface area (Å²) in [7, 11) is 1.51. The summed E-state index contributed by atoms with van der Waals surface area (Å²) in [6.45, 7) is 7.92. The van der Waals surface area contributed by atoms with Crippen LogP contribution in [-0.2, 0) is 10.3 Å². The number of nitrogen functional groups attached to an aromatic ring is 1. The zero-order valence-electron chi connectivity index (χ0n) is 11.6. The van der Waals surface area contributed by atoms with Gasteiger partial charge in [-0.3, -0.25) is 0 Å². The standard InChI is InChI=1S/C12H21N5O/c1-6-8(13)16-11(18-5)9-10(14)17(7-15-9)12(2,3)4/h6-7H,13-14H2,1-5H3/b8-6-,16-11+. The van der Waals surface area contributed by atoms with Crippen LogP contribution in [0.15, 0.2) is 23.2 Å².